The van der Waals surface area contributed by atoms with Gasteiger partial charge < -0.3 is 14.4 Å². The van der Waals surface area contributed by atoms with Crippen LogP contribution in [-0.4, -0.2) is 24.8 Å². The molecule has 20 heavy (non-hydrogen) atoms. The first kappa shape index (κ1) is 13.2. The SMILES string of the molecule is O=[N+]([O-])c1cc2c(cc1C[NH+]1CCCCCC1)OCO2. The molecule has 0 spiro atoms. The summed E-state index contributed by atoms with van der Waals surface area (Å²) < 4.78 is 10.6. The molecule has 2 aliphatic heterocycles. The second kappa shape index (κ2) is 5.66. The van der Waals surface area contributed by atoms with E-state index in [0.29, 0.717) is 18.0 Å². The van der Waals surface area contributed by atoms with E-state index >= 15 is 0 Å². The number of quaternary nitrogens is 1. The first-order chi connectivity index (χ1) is 9.74. The van der Waals surface area contributed by atoms with Gasteiger partial charge in [0, 0.05) is 0 Å². The Kier molecular flexibility index (Phi) is 3.73. The Morgan fingerprint density at radius 3 is 2.40 bits per heavy atom. The summed E-state index contributed by atoms with van der Waals surface area (Å²) in [7, 11) is 0. The van der Waals surface area contributed by atoms with Crippen LogP contribution in [0.4, 0.5) is 5.69 Å². The first-order valence-electron chi connectivity index (χ1n) is 7.14. The number of hydrogen-bond acceptors (Lipinski definition) is 4. The molecule has 6 heteroatoms. The van der Waals surface area contributed by atoms with Crippen molar-refractivity contribution in [3.8, 4) is 11.5 Å². The molecule has 6 nitrogen and oxygen atoms in total. The van der Waals surface area contributed by atoms with Crippen LogP contribution in [0.2, 0.25) is 0 Å². The lowest BCUT2D eigenvalue weighted by Crippen LogP contribution is -3.10. The highest BCUT2D eigenvalue weighted by molar-refractivity contribution is 5.54. The second-order valence-corrected chi connectivity index (χ2v) is 5.43. The number of hydrogen-bond donors (Lipinski definition) is 1. The number of nitrogens with zero attached hydrogens (tertiary/aromatic N) is 1. The Hall–Kier alpha value is -1.82. The van der Waals surface area contributed by atoms with Crippen LogP contribution in [0, 0.1) is 10.1 Å². The van der Waals surface area contributed by atoms with Gasteiger partial charge in [0.2, 0.25) is 6.79 Å². The lowest BCUT2D eigenvalue weighted by Gasteiger charge is -2.17. The van der Waals surface area contributed by atoms with Crippen LogP contribution in [0.3, 0.4) is 0 Å². The van der Waals surface area contributed by atoms with Gasteiger partial charge in [-0.3, -0.25) is 10.1 Å². The molecular formula is C14H19N2O4+. The molecule has 1 N–H and O–H groups in total. The first-order valence-corrected chi connectivity index (χ1v) is 7.14. The summed E-state index contributed by atoms with van der Waals surface area (Å²) in [4.78, 5) is 12.3. The van der Waals surface area contributed by atoms with Gasteiger partial charge in [-0.2, -0.15) is 0 Å². The maximum absolute atomic E-state index is 11.2. The minimum Gasteiger partial charge on any atom is -0.454 e. The average molecular weight is 279 g/mol. The minimum absolute atomic E-state index is 0.144. The maximum atomic E-state index is 11.2. The van der Waals surface area contributed by atoms with Gasteiger partial charge in [0.25, 0.3) is 5.69 Å². The highest BCUT2D eigenvalue weighted by Gasteiger charge is 2.26. The molecule has 1 fully saturated rings. The highest BCUT2D eigenvalue weighted by Crippen LogP contribution is 2.37. The van der Waals surface area contributed by atoms with Crippen LogP contribution < -0.4 is 14.4 Å². The predicted octanol–water partition coefficient (Wildman–Crippen LogP) is 1.28. The fourth-order valence-electron chi connectivity index (χ4n) is 2.96. The molecule has 0 unspecified atom stereocenters. The van der Waals surface area contributed by atoms with Gasteiger partial charge in [-0.25, -0.2) is 0 Å². The van der Waals surface area contributed by atoms with E-state index in [-0.39, 0.29) is 17.4 Å². The van der Waals surface area contributed by atoms with Crippen LogP contribution in [-0.2, 0) is 6.54 Å². The van der Waals surface area contributed by atoms with Gasteiger partial charge in [-0.1, -0.05) is 0 Å². The quantitative estimate of drug-likeness (QED) is 0.668. The summed E-state index contributed by atoms with van der Waals surface area (Å²) in [6, 6.07) is 3.27. The van der Waals surface area contributed by atoms with Crippen LogP contribution in [0.25, 0.3) is 0 Å². The fraction of sp³-hybridized carbons (Fsp3) is 0.571. The van der Waals surface area contributed by atoms with Gasteiger partial charge in [0.15, 0.2) is 11.5 Å². The van der Waals surface area contributed by atoms with Crippen molar-refractivity contribution in [1.82, 2.24) is 0 Å². The molecule has 0 atom stereocenters. The molecule has 0 aliphatic carbocycles. The number of nitro benzene ring substituents is 1. The Morgan fingerprint density at radius 2 is 1.75 bits per heavy atom. The van der Waals surface area contributed by atoms with Crippen LogP contribution in [0.1, 0.15) is 31.2 Å². The third-order valence-corrected chi connectivity index (χ3v) is 4.02. The van der Waals surface area contributed by atoms with E-state index in [1.54, 1.807) is 6.07 Å². The molecule has 0 aromatic heterocycles. The molecule has 1 saturated heterocycles. The molecule has 3 rings (SSSR count). The van der Waals surface area contributed by atoms with Crippen molar-refractivity contribution in [3.63, 3.8) is 0 Å². The van der Waals surface area contributed by atoms with Crippen LogP contribution in [0.5, 0.6) is 11.5 Å². The fourth-order valence-corrected chi connectivity index (χ4v) is 2.96. The van der Waals surface area contributed by atoms with Gasteiger partial charge in [-0.15, -0.1) is 0 Å². The zero-order chi connectivity index (χ0) is 13.9. The van der Waals surface area contributed by atoms with E-state index in [4.69, 9.17) is 9.47 Å². The molecule has 2 heterocycles. The van der Waals surface area contributed by atoms with Gasteiger partial charge in [0.1, 0.15) is 6.54 Å². The third kappa shape index (κ3) is 2.70. The Morgan fingerprint density at radius 1 is 1.10 bits per heavy atom. The number of ether oxygens (including phenoxy) is 2. The topological polar surface area (TPSA) is 66.0 Å². The lowest BCUT2D eigenvalue weighted by molar-refractivity contribution is -0.913. The second-order valence-electron chi connectivity index (χ2n) is 5.43. The summed E-state index contributed by atoms with van der Waals surface area (Å²) in [5.41, 5.74) is 0.891. The standard InChI is InChI=1S/C14H18N2O4/c17-16(18)12-8-14-13(19-10-20-14)7-11(12)9-15-5-3-1-2-4-6-15/h7-8H,1-6,9-10H2/p+1. The summed E-state index contributed by atoms with van der Waals surface area (Å²) in [6.07, 6.45) is 4.95. The number of likely N-dealkylation sites (tertiary alicyclic amines) is 1. The molecule has 1 aromatic carbocycles. The number of nitro groups is 1. The van der Waals surface area contributed by atoms with E-state index in [1.807, 2.05) is 0 Å². The summed E-state index contributed by atoms with van der Waals surface area (Å²) >= 11 is 0. The van der Waals surface area contributed by atoms with Crippen molar-refractivity contribution in [2.24, 2.45) is 0 Å². The Labute approximate surface area is 117 Å². The van der Waals surface area contributed by atoms with Gasteiger partial charge in [-0.05, 0) is 31.7 Å². The molecule has 0 saturated carbocycles. The largest absolute Gasteiger partial charge is 0.454 e. The molecular weight excluding hydrogens is 260 g/mol. The van der Waals surface area contributed by atoms with E-state index in [9.17, 15) is 10.1 Å². The molecule has 108 valence electrons. The van der Waals surface area contributed by atoms with Gasteiger partial charge >= 0.3 is 0 Å². The van der Waals surface area contributed by atoms with Crippen molar-refractivity contribution >= 4 is 5.69 Å². The number of nitrogens with one attached hydrogen (secondary N) is 1. The van der Waals surface area contributed by atoms with Gasteiger partial charge in [0.05, 0.1) is 29.6 Å². The zero-order valence-corrected chi connectivity index (χ0v) is 11.4. The molecule has 0 bridgehead atoms. The van der Waals surface area contributed by atoms with Crippen molar-refractivity contribution < 1.29 is 19.3 Å². The normalized spacial score (nSPS) is 18.8. The van der Waals surface area contributed by atoms with E-state index < -0.39 is 0 Å². The predicted molar refractivity (Wildman–Crippen MR) is 72.1 cm³/mol. The number of fused-ring (bicyclic) bond motifs is 1. The van der Waals surface area contributed by atoms with E-state index in [0.717, 1.165) is 18.7 Å². The molecule has 0 radical (unpaired) electrons. The van der Waals surface area contributed by atoms with Crippen LogP contribution in [0.15, 0.2) is 12.1 Å². The molecule has 1 aromatic rings. The van der Waals surface area contributed by atoms with Crippen molar-refractivity contribution in [1.29, 1.82) is 0 Å². The molecule has 2 aliphatic rings. The Bertz CT molecular complexity index is 510. The zero-order valence-electron chi connectivity index (χ0n) is 11.4. The third-order valence-electron chi connectivity index (χ3n) is 4.02. The van der Waals surface area contributed by atoms with Crippen LogP contribution >= 0.6 is 0 Å². The highest BCUT2D eigenvalue weighted by atomic mass is 16.7. The van der Waals surface area contributed by atoms with Crippen molar-refractivity contribution in [2.45, 2.75) is 32.2 Å². The van der Waals surface area contributed by atoms with E-state index in [2.05, 4.69) is 0 Å². The summed E-state index contributed by atoms with van der Waals surface area (Å²) in [6.45, 7) is 3.01. The maximum Gasteiger partial charge on any atom is 0.282 e. The Balaban J connectivity index is 1.85. The minimum atomic E-state index is -0.325. The summed E-state index contributed by atoms with van der Waals surface area (Å²) in [5, 5.41) is 11.2. The van der Waals surface area contributed by atoms with E-state index in [1.165, 1.54) is 36.6 Å². The number of benzene rings is 1. The number of rotatable bonds is 3. The summed E-state index contributed by atoms with van der Waals surface area (Å²) in [5.74, 6) is 1.10. The van der Waals surface area contributed by atoms with Crippen molar-refractivity contribution in [3.05, 3.63) is 27.8 Å². The van der Waals surface area contributed by atoms with Crippen molar-refractivity contribution in [2.75, 3.05) is 19.9 Å². The average Bonchev–Trinajstić information content (AvgIpc) is 2.73. The smallest absolute Gasteiger partial charge is 0.282 e. The molecule has 0 amide bonds. The monoisotopic (exact) mass is 279 g/mol. The lowest BCUT2D eigenvalue weighted by atomic mass is 10.1.